The third-order valence-corrected chi connectivity index (χ3v) is 4.61. The van der Waals surface area contributed by atoms with Crippen LogP contribution in [0.5, 0.6) is 0 Å². The second kappa shape index (κ2) is 5.27. The fourth-order valence-electron chi connectivity index (χ4n) is 2.19. The van der Waals surface area contributed by atoms with Gasteiger partial charge in [0.05, 0.1) is 5.75 Å². The molecule has 0 aromatic heterocycles. The van der Waals surface area contributed by atoms with E-state index in [-0.39, 0.29) is 17.7 Å². The van der Waals surface area contributed by atoms with E-state index in [1.807, 2.05) is 13.8 Å². The van der Waals surface area contributed by atoms with E-state index >= 15 is 0 Å². The molecule has 0 aliphatic heterocycles. The van der Waals surface area contributed by atoms with E-state index in [1.54, 1.807) is 0 Å². The number of nitrogens with two attached hydrogens (primary N) is 1. The van der Waals surface area contributed by atoms with Crippen LogP contribution in [0.2, 0.25) is 0 Å². The number of nitrogens with one attached hydrogen (secondary N) is 1. The van der Waals surface area contributed by atoms with Crippen LogP contribution in [0.25, 0.3) is 0 Å². The fourth-order valence-corrected chi connectivity index (χ4v) is 3.94. The Morgan fingerprint density at radius 3 is 2.60 bits per heavy atom. The van der Waals surface area contributed by atoms with Gasteiger partial charge in [-0.15, -0.1) is 0 Å². The van der Waals surface area contributed by atoms with Crippen molar-refractivity contribution in [3.63, 3.8) is 0 Å². The summed E-state index contributed by atoms with van der Waals surface area (Å²) < 4.78 is 26.2. The average molecular weight is 234 g/mol. The summed E-state index contributed by atoms with van der Waals surface area (Å²) in [5.74, 6) is 0.702. The van der Waals surface area contributed by atoms with Crippen molar-refractivity contribution in [1.29, 1.82) is 0 Å². The standard InChI is InChI=1S/C10H22N2O2S/c1-8(2)7-15(13,14)12-10-5-3-4-9(10)6-11/h8-10,12H,3-7,11H2,1-2H3. The summed E-state index contributed by atoms with van der Waals surface area (Å²) in [4.78, 5) is 0. The largest absolute Gasteiger partial charge is 0.330 e. The van der Waals surface area contributed by atoms with Gasteiger partial charge >= 0.3 is 0 Å². The molecule has 2 unspecified atom stereocenters. The van der Waals surface area contributed by atoms with Crippen molar-refractivity contribution in [2.24, 2.45) is 17.6 Å². The molecule has 0 radical (unpaired) electrons. The third kappa shape index (κ3) is 4.09. The zero-order chi connectivity index (χ0) is 11.5. The van der Waals surface area contributed by atoms with E-state index in [4.69, 9.17) is 5.73 Å². The van der Waals surface area contributed by atoms with Crippen LogP contribution < -0.4 is 10.5 Å². The normalized spacial score (nSPS) is 27.5. The van der Waals surface area contributed by atoms with Crippen LogP contribution in [0.4, 0.5) is 0 Å². The van der Waals surface area contributed by atoms with Gasteiger partial charge in [-0.25, -0.2) is 13.1 Å². The lowest BCUT2D eigenvalue weighted by molar-refractivity contribution is 0.451. The molecule has 2 atom stereocenters. The lowest BCUT2D eigenvalue weighted by atomic mass is 10.1. The second-order valence-electron chi connectivity index (χ2n) is 4.83. The number of hydrogen-bond donors (Lipinski definition) is 2. The maximum absolute atomic E-state index is 11.7. The summed E-state index contributed by atoms with van der Waals surface area (Å²) in [5, 5.41) is 0. The highest BCUT2D eigenvalue weighted by Crippen LogP contribution is 2.25. The highest BCUT2D eigenvalue weighted by Gasteiger charge is 2.29. The lowest BCUT2D eigenvalue weighted by Gasteiger charge is -2.20. The van der Waals surface area contributed by atoms with Crippen molar-refractivity contribution in [1.82, 2.24) is 4.72 Å². The summed E-state index contributed by atoms with van der Waals surface area (Å²) >= 11 is 0. The quantitative estimate of drug-likeness (QED) is 0.735. The summed E-state index contributed by atoms with van der Waals surface area (Å²) in [6.07, 6.45) is 3.06. The van der Waals surface area contributed by atoms with E-state index in [0.29, 0.717) is 12.5 Å². The van der Waals surface area contributed by atoms with Gasteiger partial charge in [-0.2, -0.15) is 0 Å². The maximum Gasteiger partial charge on any atom is 0.212 e. The van der Waals surface area contributed by atoms with Crippen LogP contribution in [-0.4, -0.2) is 26.8 Å². The second-order valence-corrected chi connectivity index (χ2v) is 6.62. The van der Waals surface area contributed by atoms with E-state index in [2.05, 4.69) is 4.72 Å². The van der Waals surface area contributed by atoms with Crippen LogP contribution in [0, 0.1) is 11.8 Å². The minimum Gasteiger partial charge on any atom is -0.330 e. The predicted octanol–water partition coefficient (Wildman–Crippen LogP) is 0.689. The molecule has 15 heavy (non-hydrogen) atoms. The van der Waals surface area contributed by atoms with Gasteiger partial charge in [0, 0.05) is 6.04 Å². The molecule has 0 spiro atoms. The van der Waals surface area contributed by atoms with Gasteiger partial charge in [-0.1, -0.05) is 20.3 Å². The van der Waals surface area contributed by atoms with Gasteiger partial charge in [-0.05, 0) is 31.2 Å². The Morgan fingerprint density at radius 1 is 1.40 bits per heavy atom. The molecule has 1 saturated carbocycles. The Labute approximate surface area is 92.7 Å². The summed E-state index contributed by atoms with van der Waals surface area (Å²) in [5.41, 5.74) is 5.61. The summed E-state index contributed by atoms with van der Waals surface area (Å²) in [6.45, 7) is 4.40. The van der Waals surface area contributed by atoms with Crippen molar-refractivity contribution in [2.75, 3.05) is 12.3 Å². The zero-order valence-electron chi connectivity index (χ0n) is 9.57. The smallest absolute Gasteiger partial charge is 0.212 e. The van der Waals surface area contributed by atoms with Crippen molar-refractivity contribution >= 4 is 10.0 Å². The Kier molecular flexibility index (Phi) is 4.55. The molecule has 1 rings (SSSR count). The lowest BCUT2D eigenvalue weighted by Crippen LogP contribution is -2.41. The van der Waals surface area contributed by atoms with Gasteiger partial charge in [-0.3, -0.25) is 0 Å². The van der Waals surface area contributed by atoms with Crippen molar-refractivity contribution in [3.05, 3.63) is 0 Å². The van der Waals surface area contributed by atoms with E-state index in [1.165, 1.54) is 0 Å². The van der Waals surface area contributed by atoms with Gasteiger partial charge in [0.1, 0.15) is 0 Å². The highest BCUT2D eigenvalue weighted by atomic mass is 32.2. The Balaban J connectivity index is 2.53. The number of hydrogen-bond acceptors (Lipinski definition) is 3. The Morgan fingerprint density at radius 2 is 2.07 bits per heavy atom. The van der Waals surface area contributed by atoms with E-state index < -0.39 is 10.0 Å². The zero-order valence-corrected chi connectivity index (χ0v) is 10.4. The van der Waals surface area contributed by atoms with Crippen molar-refractivity contribution in [3.8, 4) is 0 Å². The maximum atomic E-state index is 11.7. The molecule has 1 aliphatic carbocycles. The molecule has 5 heteroatoms. The molecule has 0 bridgehead atoms. The van der Waals surface area contributed by atoms with Crippen LogP contribution in [0.3, 0.4) is 0 Å². The van der Waals surface area contributed by atoms with Crippen LogP contribution in [-0.2, 0) is 10.0 Å². The SMILES string of the molecule is CC(C)CS(=O)(=O)NC1CCCC1CN. The average Bonchev–Trinajstić information content (AvgIpc) is 2.48. The van der Waals surface area contributed by atoms with E-state index in [0.717, 1.165) is 19.3 Å². The van der Waals surface area contributed by atoms with Gasteiger partial charge < -0.3 is 5.73 Å². The first kappa shape index (κ1) is 12.9. The first-order valence-corrected chi connectivity index (χ1v) is 7.30. The molecule has 0 aromatic carbocycles. The van der Waals surface area contributed by atoms with Gasteiger partial charge in [0.15, 0.2) is 0 Å². The van der Waals surface area contributed by atoms with Crippen LogP contribution in [0.15, 0.2) is 0 Å². The molecule has 0 amide bonds. The Bertz CT molecular complexity index is 288. The minimum absolute atomic E-state index is 0.0683. The molecular weight excluding hydrogens is 212 g/mol. The minimum atomic E-state index is -3.11. The number of sulfonamides is 1. The first-order chi connectivity index (χ1) is 6.94. The van der Waals surface area contributed by atoms with Crippen molar-refractivity contribution in [2.45, 2.75) is 39.2 Å². The molecule has 90 valence electrons. The monoisotopic (exact) mass is 234 g/mol. The van der Waals surface area contributed by atoms with Gasteiger partial charge in [0.25, 0.3) is 0 Å². The third-order valence-electron chi connectivity index (χ3n) is 2.85. The summed E-state index contributed by atoms with van der Waals surface area (Å²) in [7, 11) is -3.11. The van der Waals surface area contributed by atoms with Crippen LogP contribution in [0.1, 0.15) is 33.1 Å². The molecule has 1 fully saturated rings. The molecule has 3 N–H and O–H groups in total. The molecular formula is C10H22N2O2S. The van der Waals surface area contributed by atoms with Gasteiger partial charge in [0.2, 0.25) is 10.0 Å². The summed E-state index contributed by atoms with van der Waals surface area (Å²) in [6, 6.07) is 0.0683. The van der Waals surface area contributed by atoms with E-state index in [9.17, 15) is 8.42 Å². The predicted molar refractivity (Wildman–Crippen MR) is 61.9 cm³/mol. The van der Waals surface area contributed by atoms with Crippen LogP contribution >= 0.6 is 0 Å². The molecule has 0 aromatic rings. The molecule has 1 aliphatic rings. The molecule has 0 saturated heterocycles. The molecule has 0 heterocycles. The first-order valence-electron chi connectivity index (χ1n) is 5.64. The highest BCUT2D eigenvalue weighted by molar-refractivity contribution is 7.89. The number of rotatable bonds is 5. The molecule has 4 nitrogen and oxygen atoms in total. The van der Waals surface area contributed by atoms with Crippen molar-refractivity contribution < 1.29 is 8.42 Å². The fraction of sp³-hybridized carbons (Fsp3) is 1.00. The topological polar surface area (TPSA) is 72.2 Å². The Hall–Kier alpha value is -0.130.